The number of ether oxygens (including phenoxy) is 1. The van der Waals surface area contributed by atoms with Gasteiger partial charge in [-0.25, -0.2) is 26.6 Å². The molecule has 0 aliphatic carbocycles. The number of hydrogen-bond acceptors (Lipinski definition) is 8. The number of halogens is 1. The molecule has 36 heavy (non-hydrogen) atoms. The van der Waals surface area contributed by atoms with E-state index >= 15 is 4.39 Å². The van der Waals surface area contributed by atoms with Crippen LogP contribution in [0, 0.1) is 10.1 Å². The van der Waals surface area contributed by atoms with Crippen LogP contribution in [0.5, 0.6) is 0 Å². The van der Waals surface area contributed by atoms with Gasteiger partial charge in [0.25, 0.3) is 10.0 Å². The van der Waals surface area contributed by atoms with E-state index in [1.54, 1.807) is 39.0 Å². The van der Waals surface area contributed by atoms with Crippen LogP contribution in [0.4, 0.5) is 20.6 Å². The average molecular weight is 520 g/mol. The number of anilines is 1. The highest BCUT2D eigenvalue weighted by atomic mass is 32.2. The van der Waals surface area contributed by atoms with Crippen LogP contribution in [0.25, 0.3) is 11.0 Å². The van der Waals surface area contributed by atoms with Gasteiger partial charge in [0.2, 0.25) is 0 Å². The summed E-state index contributed by atoms with van der Waals surface area (Å²) in [6.45, 7) is 5.06. The van der Waals surface area contributed by atoms with E-state index in [0.29, 0.717) is 0 Å². The second kappa shape index (κ2) is 9.37. The van der Waals surface area contributed by atoms with Gasteiger partial charge in [-0.2, -0.15) is 0 Å². The Bertz CT molecular complexity index is 1400. The van der Waals surface area contributed by atoms with E-state index in [4.69, 9.17) is 4.74 Å². The Hall–Kier alpha value is -3.74. The molecule has 2 atom stereocenters. The van der Waals surface area contributed by atoms with E-state index in [1.807, 2.05) is 0 Å². The molecular weight excluding hydrogens is 493 g/mol. The zero-order valence-electron chi connectivity index (χ0n) is 19.9. The second-order valence-electron chi connectivity index (χ2n) is 9.42. The van der Waals surface area contributed by atoms with Crippen molar-refractivity contribution in [2.75, 3.05) is 18.4 Å². The molecule has 0 spiro atoms. The van der Waals surface area contributed by atoms with E-state index in [2.05, 4.69) is 10.3 Å². The molecule has 4 rings (SSSR count). The predicted molar refractivity (Wildman–Crippen MR) is 130 cm³/mol. The highest BCUT2D eigenvalue weighted by Gasteiger charge is 2.35. The van der Waals surface area contributed by atoms with Gasteiger partial charge in [0, 0.05) is 12.7 Å². The summed E-state index contributed by atoms with van der Waals surface area (Å²) in [4.78, 5) is 28.7. The summed E-state index contributed by atoms with van der Waals surface area (Å²) in [5.41, 5.74) is -1.22. The molecule has 1 aromatic carbocycles. The summed E-state index contributed by atoms with van der Waals surface area (Å²) in [5, 5.41) is 14.8. The molecule has 0 saturated carbocycles. The fourth-order valence-corrected chi connectivity index (χ4v) is 5.31. The molecule has 11 nitrogen and oxygen atoms in total. The Morgan fingerprint density at radius 3 is 2.56 bits per heavy atom. The number of piperidine rings is 1. The molecule has 0 bridgehead atoms. The lowest BCUT2D eigenvalue weighted by Gasteiger charge is -2.36. The molecule has 192 valence electrons. The molecule has 1 fully saturated rings. The summed E-state index contributed by atoms with van der Waals surface area (Å²) in [6, 6.07) is 8.22. The normalized spacial score (nSPS) is 18.7. The first-order valence-electron chi connectivity index (χ1n) is 11.2. The summed E-state index contributed by atoms with van der Waals surface area (Å²) in [5.74, 6) is 0. The van der Waals surface area contributed by atoms with Crippen molar-refractivity contribution in [3.8, 4) is 0 Å². The van der Waals surface area contributed by atoms with Crippen molar-refractivity contribution in [2.24, 2.45) is 0 Å². The number of pyridine rings is 1. The third-order valence-electron chi connectivity index (χ3n) is 5.68. The van der Waals surface area contributed by atoms with Gasteiger partial charge in [-0.1, -0.05) is 18.2 Å². The molecule has 1 amide bonds. The molecular formula is C23H26FN5O6S. The van der Waals surface area contributed by atoms with Crippen molar-refractivity contribution >= 4 is 38.5 Å². The number of carbonyl (C=O) groups is 1. The molecule has 13 heteroatoms. The van der Waals surface area contributed by atoms with Crippen molar-refractivity contribution in [2.45, 2.75) is 49.9 Å². The number of nitrogens with zero attached hydrogens (tertiary/aromatic N) is 4. The molecule has 3 heterocycles. The quantitative estimate of drug-likeness (QED) is 0.395. The van der Waals surface area contributed by atoms with E-state index in [-0.39, 0.29) is 41.1 Å². The maximum atomic E-state index is 15.1. The van der Waals surface area contributed by atoms with Crippen molar-refractivity contribution in [3.05, 3.63) is 58.9 Å². The number of rotatable bonds is 5. The van der Waals surface area contributed by atoms with E-state index < -0.39 is 44.5 Å². The van der Waals surface area contributed by atoms with Crippen molar-refractivity contribution in [3.63, 3.8) is 0 Å². The smallest absolute Gasteiger partial charge is 0.410 e. The van der Waals surface area contributed by atoms with Crippen LogP contribution < -0.4 is 5.32 Å². The number of hydrogen-bond donors (Lipinski definition) is 1. The summed E-state index contributed by atoms with van der Waals surface area (Å²) in [7, 11) is -4.02. The van der Waals surface area contributed by atoms with Crippen LogP contribution >= 0.6 is 0 Å². The Labute approximate surface area is 207 Å². The van der Waals surface area contributed by atoms with Gasteiger partial charge in [-0.3, -0.25) is 10.1 Å². The number of nitro groups is 1. The number of aromatic nitrogens is 2. The highest BCUT2D eigenvalue weighted by molar-refractivity contribution is 7.90. The standard InChI is InChI=1S/C23H26FN5O6S/c1-23(2,3)35-22(30)27-11-10-18(17(24)14-27)26-20-16-9-12-28(21(16)25-13-19(20)29(31)32)36(33,34)15-7-5-4-6-8-15/h4-9,12-13,17-18H,10-11,14H2,1-3H3,(H,25,26)/t17-,18-/m0/s1. The van der Waals surface area contributed by atoms with Gasteiger partial charge in [0.05, 0.1) is 27.8 Å². The van der Waals surface area contributed by atoms with Gasteiger partial charge in [0.15, 0.2) is 5.65 Å². The minimum absolute atomic E-state index is 0.0236. The minimum Gasteiger partial charge on any atom is -0.444 e. The highest BCUT2D eigenvalue weighted by Crippen LogP contribution is 2.35. The van der Waals surface area contributed by atoms with Crippen LogP contribution in [-0.4, -0.2) is 64.2 Å². The van der Waals surface area contributed by atoms with Crippen LogP contribution in [0.15, 0.2) is 53.7 Å². The third kappa shape index (κ3) is 4.96. The number of fused-ring (bicyclic) bond motifs is 1. The van der Waals surface area contributed by atoms with E-state index in [9.17, 15) is 23.3 Å². The molecule has 3 aromatic rings. The van der Waals surface area contributed by atoms with Crippen molar-refractivity contribution in [1.29, 1.82) is 0 Å². The van der Waals surface area contributed by atoms with Crippen LogP contribution in [0.3, 0.4) is 0 Å². The van der Waals surface area contributed by atoms with Crippen LogP contribution in [-0.2, 0) is 14.8 Å². The monoisotopic (exact) mass is 519 g/mol. The molecule has 1 saturated heterocycles. The lowest BCUT2D eigenvalue weighted by atomic mass is 10.0. The first kappa shape index (κ1) is 25.4. The second-order valence-corrected chi connectivity index (χ2v) is 11.2. The van der Waals surface area contributed by atoms with Crippen LogP contribution in [0.1, 0.15) is 27.2 Å². The molecule has 1 N–H and O–H groups in total. The Morgan fingerprint density at radius 2 is 1.94 bits per heavy atom. The minimum atomic E-state index is -4.02. The zero-order valence-corrected chi connectivity index (χ0v) is 20.7. The van der Waals surface area contributed by atoms with Crippen LogP contribution in [0.2, 0.25) is 0 Å². The molecule has 1 aliphatic rings. The lowest BCUT2D eigenvalue weighted by Crippen LogP contribution is -2.51. The number of carbonyl (C=O) groups excluding carboxylic acids is 1. The van der Waals surface area contributed by atoms with Crippen molar-refractivity contribution in [1.82, 2.24) is 13.9 Å². The topological polar surface area (TPSA) is 137 Å². The number of likely N-dealkylation sites (tertiary alicyclic amines) is 1. The van der Waals surface area contributed by atoms with Gasteiger partial charge < -0.3 is 15.0 Å². The number of nitrogens with one attached hydrogen (secondary N) is 1. The molecule has 0 radical (unpaired) electrons. The SMILES string of the molecule is CC(C)(C)OC(=O)N1CC[C@H](Nc2c([N+](=O)[O-])cnc3c2ccn3S(=O)(=O)c2ccccc2)[C@@H](F)C1. The zero-order chi connectivity index (χ0) is 26.3. The predicted octanol–water partition coefficient (Wildman–Crippen LogP) is 3.94. The third-order valence-corrected chi connectivity index (χ3v) is 7.36. The van der Waals surface area contributed by atoms with E-state index in [0.717, 1.165) is 10.2 Å². The largest absolute Gasteiger partial charge is 0.444 e. The number of amides is 1. The summed E-state index contributed by atoms with van der Waals surface area (Å²) in [6.07, 6.45) is 0.176. The molecule has 0 unspecified atom stereocenters. The maximum Gasteiger partial charge on any atom is 0.410 e. The molecule has 1 aliphatic heterocycles. The fraction of sp³-hybridized carbons (Fsp3) is 0.391. The van der Waals surface area contributed by atoms with Gasteiger partial charge in [-0.05, 0) is 45.4 Å². The number of benzene rings is 1. The van der Waals surface area contributed by atoms with Crippen molar-refractivity contribution < 1.29 is 27.3 Å². The Morgan fingerprint density at radius 1 is 1.25 bits per heavy atom. The Balaban J connectivity index is 1.65. The lowest BCUT2D eigenvalue weighted by molar-refractivity contribution is -0.384. The average Bonchev–Trinajstić information content (AvgIpc) is 3.25. The van der Waals surface area contributed by atoms with E-state index in [1.165, 1.54) is 29.3 Å². The van der Waals surface area contributed by atoms with Gasteiger partial charge >= 0.3 is 11.8 Å². The van der Waals surface area contributed by atoms with Gasteiger partial charge in [0.1, 0.15) is 23.7 Å². The first-order chi connectivity index (χ1) is 16.9. The Kier molecular flexibility index (Phi) is 6.60. The number of alkyl halides is 1. The fourth-order valence-electron chi connectivity index (χ4n) is 3.99. The first-order valence-corrected chi connectivity index (χ1v) is 12.7. The maximum absolute atomic E-state index is 15.1. The van der Waals surface area contributed by atoms with Gasteiger partial charge in [-0.15, -0.1) is 0 Å². The molecule has 2 aromatic heterocycles. The summed E-state index contributed by atoms with van der Waals surface area (Å²) < 4.78 is 47.6. The summed E-state index contributed by atoms with van der Waals surface area (Å²) >= 11 is 0.